The van der Waals surface area contributed by atoms with E-state index in [9.17, 15) is 30.0 Å². The van der Waals surface area contributed by atoms with Gasteiger partial charge in [-0.15, -0.1) is 0 Å². The van der Waals surface area contributed by atoms with Crippen molar-refractivity contribution in [2.45, 2.75) is 19.3 Å². The predicted octanol–water partition coefficient (Wildman–Crippen LogP) is 0.0329. The van der Waals surface area contributed by atoms with Gasteiger partial charge in [0, 0.05) is 19.2 Å². The highest BCUT2D eigenvalue weighted by atomic mass is 32.2. The highest BCUT2D eigenvalue weighted by Crippen LogP contribution is 2.39. The second kappa shape index (κ2) is 15.3. The number of benzene rings is 1. The summed E-state index contributed by atoms with van der Waals surface area (Å²) >= 11 is 0. The van der Waals surface area contributed by atoms with Crippen molar-refractivity contribution in [2.24, 2.45) is 0 Å². The zero-order valence-electron chi connectivity index (χ0n) is 20.0. The third-order valence-corrected chi connectivity index (χ3v) is 6.69. The van der Waals surface area contributed by atoms with Crippen LogP contribution in [0.3, 0.4) is 0 Å². The molecule has 0 aromatic heterocycles. The van der Waals surface area contributed by atoms with Crippen LogP contribution >= 0.6 is 0 Å². The van der Waals surface area contributed by atoms with Crippen LogP contribution in [0.1, 0.15) is 29.6 Å². The Morgan fingerprint density at radius 1 is 0.730 bits per heavy atom. The first-order valence-electron chi connectivity index (χ1n) is 10.8. The number of carbonyl (C=O) groups excluding carboxylic acids is 1. The van der Waals surface area contributed by atoms with Crippen molar-refractivity contribution in [3.8, 4) is 17.2 Å². The summed E-state index contributed by atoms with van der Waals surface area (Å²) in [6, 6.07) is 2.53. The van der Waals surface area contributed by atoms with Crippen molar-refractivity contribution in [3.05, 3.63) is 17.7 Å². The Kier molecular flexibility index (Phi) is 13.5. The fraction of sp³-hybridized carbons (Fsp3) is 0.632. The van der Waals surface area contributed by atoms with E-state index in [0.717, 1.165) is 0 Å². The van der Waals surface area contributed by atoms with E-state index in [2.05, 4.69) is 5.32 Å². The van der Waals surface area contributed by atoms with E-state index in [1.807, 2.05) is 0 Å². The van der Waals surface area contributed by atoms with E-state index in [1.54, 1.807) is 0 Å². The van der Waals surface area contributed by atoms with Crippen molar-refractivity contribution in [1.29, 1.82) is 0 Å². The fourth-order valence-electron chi connectivity index (χ4n) is 2.70. The van der Waals surface area contributed by atoms with Gasteiger partial charge < -0.3 is 24.3 Å². The SMILES string of the molecule is COCCNC(=O)c1cc(OCCCS(=O)(=O)O)c(OCCCS(=O)(=O)O)c(OCCCS(=O)(=O)O)c1. The maximum atomic E-state index is 12.6. The molecule has 0 saturated carbocycles. The summed E-state index contributed by atoms with van der Waals surface area (Å²) in [6.45, 7) is -0.338. The summed E-state index contributed by atoms with van der Waals surface area (Å²) < 4.78 is 114. The van der Waals surface area contributed by atoms with Gasteiger partial charge in [0.1, 0.15) is 0 Å². The van der Waals surface area contributed by atoms with E-state index in [1.165, 1.54) is 19.2 Å². The van der Waals surface area contributed by atoms with Crippen LogP contribution in [0.25, 0.3) is 0 Å². The fourth-order valence-corrected chi connectivity index (χ4v) is 4.14. The molecule has 0 aliphatic carbocycles. The Morgan fingerprint density at radius 3 is 1.51 bits per heavy atom. The van der Waals surface area contributed by atoms with Crippen LogP contribution in [0.5, 0.6) is 17.2 Å². The maximum absolute atomic E-state index is 12.6. The zero-order valence-corrected chi connectivity index (χ0v) is 22.4. The lowest BCUT2D eigenvalue weighted by molar-refractivity contribution is 0.0935. The topological polar surface area (TPSA) is 229 Å². The molecular weight excluding hydrogens is 562 g/mol. The van der Waals surface area contributed by atoms with Gasteiger partial charge in [-0.05, 0) is 31.4 Å². The summed E-state index contributed by atoms with van der Waals surface area (Å²) in [5.41, 5.74) is 0.0240. The van der Waals surface area contributed by atoms with Crippen molar-refractivity contribution in [3.63, 3.8) is 0 Å². The molecule has 0 atom stereocenters. The highest BCUT2D eigenvalue weighted by molar-refractivity contribution is 7.86. The molecule has 1 amide bonds. The van der Waals surface area contributed by atoms with E-state index >= 15 is 0 Å². The normalized spacial score (nSPS) is 12.2. The van der Waals surface area contributed by atoms with Crippen molar-refractivity contribution >= 4 is 36.3 Å². The minimum Gasteiger partial charge on any atom is -0.489 e. The molecule has 0 spiro atoms. The number of methoxy groups -OCH3 is 1. The van der Waals surface area contributed by atoms with Gasteiger partial charge in [0.15, 0.2) is 11.5 Å². The highest BCUT2D eigenvalue weighted by Gasteiger charge is 2.20. The van der Waals surface area contributed by atoms with Crippen LogP contribution in [-0.4, -0.2) is 102 Å². The molecule has 0 fully saturated rings. The number of nitrogens with one attached hydrogen (secondary N) is 1. The number of hydrogen-bond donors (Lipinski definition) is 4. The smallest absolute Gasteiger partial charge is 0.264 e. The van der Waals surface area contributed by atoms with Gasteiger partial charge in [-0.25, -0.2) is 0 Å². The Balaban J connectivity index is 3.24. The van der Waals surface area contributed by atoms with Crippen LogP contribution in [-0.2, 0) is 35.1 Å². The Bertz CT molecular complexity index is 1140. The molecule has 0 unspecified atom stereocenters. The lowest BCUT2D eigenvalue weighted by atomic mass is 10.1. The number of ether oxygens (including phenoxy) is 4. The monoisotopic (exact) mass is 593 g/mol. The van der Waals surface area contributed by atoms with Gasteiger partial charge in [-0.2, -0.15) is 25.3 Å². The molecule has 1 rings (SSSR count). The quantitative estimate of drug-likeness (QED) is 0.123. The predicted molar refractivity (Wildman–Crippen MR) is 130 cm³/mol. The first-order chi connectivity index (χ1) is 17.1. The molecule has 1 aromatic carbocycles. The summed E-state index contributed by atoms with van der Waals surface area (Å²) in [6.07, 6.45) is -0.395. The molecule has 0 heterocycles. The molecule has 1 aromatic rings. The standard InChI is InChI=1S/C19H31NO14S3/c1-31-9-5-20-19(21)15-13-16(32-6-2-10-35(22,23)24)18(34-8-4-12-37(28,29)30)17(14-15)33-7-3-11-36(25,26)27/h13-14H,2-12H2,1H3,(H,20,21)(H,22,23,24)(H,25,26,27)(H,28,29,30). The molecular formula is C19H31NO14S3. The zero-order chi connectivity index (χ0) is 28.1. The second-order valence-corrected chi connectivity index (χ2v) is 12.2. The van der Waals surface area contributed by atoms with Gasteiger partial charge in [0.2, 0.25) is 5.75 Å². The Morgan fingerprint density at radius 2 is 1.14 bits per heavy atom. The van der Waals surface area contributed by atoms with Crippen LogP contribution in [0.2, 0.25) is 0 Å². The average molecular weight is 594 g/mol. The first kappa shape index (κ1) is 32.8. The summed E-state index contributed by atoms with van der Waals surface area (Å²) in [4.78, 5) is 12.6. The number of rotatable bonds is 19. The maximum Gasteiger partial charge on any atom is 0.264 e. The molecule has 0 radical (unpaired) electrons. The number of hydrogen-bond acceptors (Lipinski definition) is 11. The van der Waals surface area contributed by atoms with E-state index in [0.29, 0.717) is 0 Å². The lowest BCUT2D eigenvalue weighted by Gasteiger charge is -2.18. The van der Waals surface area contributed by atoms with Crippen molar-refractivity contribution in [1.82, 2.24) is 5.32 Å². The molecule has 18 heteroatoms. The lowest BCUT2D eigenvalue weighted by Crippen LogP contribution is -2.27. The largest absolute Gasteiger partial charge is 0.489 e. The average Bonchev–Trinajstić information content (AvgIpc) is 2.76. The van der Waals surface area contributed by atoms with E-state index < -0.39 is 53.5 Å². The number of carbonyl (C=O) groups is 1. The number of amides is 1. The molecule has 0 saturated heterocycles. The Labute approximate surface area is 215 Å². The summed E-state index contributed by atoms with van der Waals surface area (Å²) in [5.74, 6) is -2.68. The molecule has 37 heavy (non-hydrogen) atoms. The first-order valence-corrected chi connectivity index (χ1v) is 15.6. The molecule has 214 valence electrons. The van der Waals surface area contributed by atoms with Gasteiger partial charge >= 0.3 is 0 Å². The van der Waals surface area contributed by atoms with Crippen LogP contribution in [0, 0.1) is 0 Å². The minimum atomic E-state index is -4.26. The van der Waals surface area contributed by atoms with Crippen molar-refractivity contribution in [2.75, 3.05) is 57.3 Å². The summed E-state index contributed by atoms with van der Waals surface area (Å²) in [5, 5.41) is 2.58. The Hall–Kier alpha value is -2.22. The van der Waals surface area contributed by atoms with Crippen LogP contribution < -0.4 is 19.5 Å². The molecule has 0 bridgehead atoms. The third-order valence-electron chi connectivity index (χ3n) is 4.28. The van der Waals surface area contributed by atoms with Gasteiger partial charge in [0.05, 0.1) is 43.7 Å². The molecule has 0 aliphatic rings. The van der Waals surface area contributed by atoms with Crippen LogP contribution in [0.15, 0.2) is 12.1 Å². The van der Waals surface area contributed by atoms with Crippen LogP contribution in [0.4, 0.5) is 0 Å². The summed E-state index contributed by atoms with van der Waals surface area (Å²) in [7, 11) is -11.3. The molecule has 15 nitrogen and oxygen atoms in total. The third kappa shape index (κ3) is 15.6. The van der Waals surface area contributed by atoms with Gasteiger partial charge in [-0.1, -0.05) is 0 Å². The molecule has 4 N–H and O–H groups in total. The van der Waals surface area contributed by atoms with Crippen molar-refractivity contribution < 1.29 is 62.7 Å². The van der Waals surface area contributed by atoms with E-state index in [4.69, 9.17) is 32.6 Å². The van der Waals surface area contributed by atoms with E-state index in [-0.39, 0.29) is 75.0 Å². The van der Waals surface area contributed by atoms with Gasteiger partial charge in [-0.3, -0.25) is 18.5 Å². The molecule has 0 aliphatic heterocycles. The second-order valence-electron chi connectivity index (χ2n) is 7.51. The minimum absolute atomic E-state index is 0.0240. The van der Waals surface area contributed by atoms with Gasteiger partial charge in [0.25, 0.3) is 36.3 Å².